The van der Waals surface area contributed by atoms with Crippen LogP contribution in [0, 0.1) is 22.7 Å². The van der Waals surface area contributed by atoms with E-state index in [1.165, 1.54) is 11.1 Å². The Morgan fingerprint density at radius 3 is 2.78 bits per heavy atom. The fourth-order valence-corrected chi connectivity index (χ4v) is 5.73. The van der Waals surface area contributed by atoms with E-state index in [0.29, 0.717) is 12.3 Å². The summed E-state index contributed by atoms with van der Waals surface area (Å²) in [5.74, 6) is 0.547. The molecule has 23 heavy (non-hydrogen) atoms. The predicted molar refractivity (Wildman–Crippen MR) is 90.9 cm³/mol. The Labute approximate surface area is 139 Å². The van der Waals surface area contributed by atoms with Gasteiger partial charge >= 0.3 is 0 Å². The predicted octanol–water partition coefficient (Wildman–Crippen LogP) is 3.95. The first-order valence-corrected chi connectivity index (χ1v) is 8.88. The summed E-state index contributed by atoms with van der Waals surface area (Å²) in [7, 11) is 0. The zero-order chi connectivity index (χ0) is 16.7. The molecule has 128 valence electrons. The third kappa shape index (κ3) is 2.78. The van der Waals surface area contributed by atoms with Crippen molar-refractivity contribution in [3.8, 4) is 0 Å². The van der Waals surface area contributed by atoms with Crippen LogP contribution >= 0.6 is 0 Å². The first-order valence-electron chi connectivity index (χ1n) is 8.88. The van der Waals surface area contributed by atoms with Gasteiger partial charge in [0.1, 0.15) is 0 Å². The molecule has 3 heteroatoms. The third-order valence-electron chi connectivity index (χ3n) is 6.73. The van der Waals surface area contributed by atoms with Crippen molar-refractivity contribution in [2.24, 2.45) is 22.7 Å². The molecule has 2 saturated carbocycles. The van der Waals surface area contributed by atoms with Gasteiger partial charge in [-0.2, -0.15) is 0 Å². The van der Waals surface area contributed by atoms with Gasteiger partial charge in [-0.05, 0) is 66.4 Å². The van der Waals surface area contributed by atoms with Gasteiger partial charge in [0.15, 0.2) is 0 Å². The molecule has 0 aromatic carbocycles. The first-order chi connectivity index (χ1) is 10.9. The normalized spacial score (nSPS) is 40.9. The molecule has 2 aliphatic carbocycles. The highest BCUT2D eigenvalue weighted by atomic mass is 16.3. The first kappa shape index (κ1) is 16.8. The van der Waals surface area contributed by atoms with Gasteiger partial charge in [-0.25, -0.2) is 0 Å². The molecular formula is C20H30O3. The van der Waals surface area contributed by atoms with Gasteiger partial charge in [0.2, 0.25) is 0 Å². The molecule has 0 radical (unpaired) electrons. The van der Waals surface area contributed by atoms with E-state index in [1.54, 1.807) is 6.26 Å². The monoisotopic (exact) mass is 318 g/mol. The summed E-state index contributed by atoms with van der Waals surface area (Å²) in [6.07, 6.45) is 9.09. The highest BCUT2D eigenvalue weighted by Gasteiger charge is 2.57. The highest BCUT2D eigenvalue weighted by Crippen LogP contribution is 2.61. The van der Waals surface area contributed by atoms with Crippen molar-refractivity contribution in [3.05, 3.63) is 36.3 Å². The Kier molecular flexibility index (Phi) is 4.45. The molecule has 3 rings (SSSR count). The third-order valence-corrected chi connectivity index (χ3v) is 6.73. The van der Waals surface area contributed by atoms with Crippen molar-refractivity contribution < 1.29 is 14.6 Å². The smallest absolute Gasteiger partial charge is 0.0934 e. The molecule has 2 aliphatic rings. The lowest BCUT2D eigenvalue weighted by molar-refractivity contribution is -0.142. The lowest BCUT2D eigenvalue weighted by Crippen LogP contribution is -2.57. The van der Waals surface area contributed by atoms with Crippen LogP contribution in [0.25, 0.3) is 0 Å². The molecule has 0 spiro atoms. The van der Waals surface area contributed by atoms with Crippen LogP contribution in [0.1, 0.15) is 51.5 Å². The Morgan fingerprint density at radius 2 is 2.13 bits per heavy atom. The van der Waals surface area contributed by atoms with Crippen LogP contribution < -0.4 is 0 Å². The standard InChI is InChI=1S/C20H30O3/c1-14-11-17(22)18-19(2,13-21)8-4-9-20(18,3)16(14)6-5-15-7-10-23-12-15/h7,10,12,16-18,21-22H,1,4-6,8-9,11,13H2,2-3H3. The van der Waals surface area contributed by atoms with E-state index in [9.17, 15) is 10.2 Å². The van der Waals surface area contributed by atoms with Crippen molar-refractivity contribution in [2.75, 3.05) is 6.61 Å². The number of aryl methyl sites for hydroxylation is 1. The number of fused-ring (bicyclic) bond motifs is 1. The molecule has 2 fully saturated rings. The van der Waals surface area contributed by atoms with E-state index in [1.807, 2.05) is 12.3 Å². The minimum Gasteiger partial charge on any atom is -0.472 e. The number of hydrogen-bond donors (Lipinski definition) is 2. The second-order valence-electron chi connectivity index (χ2n) is 8.30. The van der Waals surface area contributed by atoms with Gasteiger partial charge in [-0.1, -0.05) is 32.4 Å². The van der Waals surface area contributed by atoms with E-state index in [4.69, 9.17) is 4.42 Å². The topological polar surface area (TPSA) is 53.6 Å². The summed E-state index contributed by atoms with van der Waals surface area (Å²) in [6.45, 7) is 8.94. The van der Waals surface area contributed by atoms with Gasteiger partial charge in [0.05, 0.1) is 18.6 Å². The Hall–Kier alpha value is -1.06. The Bertz CT molecular complexity index is 549. The lowest BCUT2D eigenvalue weighted by Gasteiger charge is -2.60. The average molecular weight is 318 g/mol. The average Bonchev–Trinajstić information content (AvgIpc) is 2.99. The van der Waals surface area contributed by atoms with Crippen molar-refractivity contribution in [1.82, 2.24) is 0 Å². The van der Waals surface area contributed by atoms with Crippen LogP contribution in [-0.4, -0.2) is 22.9 Å². The van der Waals surface area contributed by atoms with E-state index in [0.717, 1.165) is 32.1 Å². The molecule has 3 nitrogen and oxygen atoms in total. The maximum absolute atomic E-state index is 10.8. The summed E-state index contributed by atoms with van der Waals surface area (Å²) in [5, 5.41) is 20.8. The summed E-state index contributed by atoms with van der Waals surface area (Å²) in [6, 6.07) is 2.03. The molecule has 2 N–H and O–H groups in total. The molecule has 0 bridgehead atoms. The van der Waals surface area contributed by atoms with Crippen molar-refractivity contribution >= 4 is 0 Å². The molecule has 1 aromatic rings. The molecule has 1 heterocycles. The molecular weight excluding hydrogens is 288 g/mol. The zero-order valence-electron chi connectivity index (χ0n) is 14.4. The Morgan fingerprint density at radius 1 is 1.35 bits per heavy atom. The summed E-state index contributed by atoms with van der Waals surface area (Å²) in [4.78, 5) is 0. The van der Waals surface area contributed by atoms with Crippen molar-refractivity contribution in [3.63, 3.8) is 0 Å². The van der Waals surface area contributed by atoms with Crippen molar-refractivity contribution in [1.29, 1.82) is 0 Å². The summed E-state index contributed by atoms with van der Waals surface area (Å²) >= 11 is 0. The van der Waals surface area contributed by atoms with Gasteiger partial charge < -0.3 is 14.6 Å². The minimum atomic E-state index is -0.380. The summed E-state index contributed by atoms with van der Waals surface area (Å²) in [5.41, 5.74) is 2.25. The van der Waals surface area contributed by atoms with Gasteiger partial charge in [0, 0.05) is 6.61 Å². The number of rotatable bonds is 4. The van der Waals surface area contributed by atoms with Gasteiger partial charge in [-0.3, -0.25) is 0 Å². The maximum atomic E-state index is 10.8. The maximum Gasteiger partial charge on any atom is 0.0934 e. The van der Waals surface area contributed by atoms with Crippen LogP contribution in [0.4, 0.5) is 0 Å². The van der Waals surface area contributed by atoms with E-state index in [2.05, 4.69) is 20.4 Å². The molecule has 0 amide bonds. The Balaban J connectivity index is 1.87. The summed E-state index contributed by atoms with van der Waals surface area (Å²) < 4.78 is 5.19. The molecule has 5 atom stereocenters. The molecule has 0 saturated heterocycles. The van der Waals surface area contributed by atoms with Crippen LogP contribution in [-0.2, 0) is 6.42 Å². The van der Waals surface area contributed by atoms with Gasteiger partial charge in [0.25, 0.3) is 0 Å². The van der Waals surface area contributed by atoms with Crippen molar-refractivity contribution in [2.45, 2.75) is 58.5 Å². The lowest BCUT2D eigenvalue weighted by atomic mass is 9.46. The fourth-order valence-electron chi connectivity index (χ4n) is 5.73. The van der Waals surface area contributed by atoms with Gasteiger partial charge in [-0.15, -0.1) is 0 Å². The fraction of sp³-hybridized carbons (Fsp3) is 0.700. The van der Waals surface area contributed by atoms with Crippen LogP contribution in [0.3, 0.4) is 0 Å². The SMILES string of the molecule is C=C1CC(O)C2C(C)(CO)CCCC2(C)C1CCc1ccoc1. The number of aliphatic hydroxyl groups excluding tert-OH is 2. The van der Waals surface area contributed by atoms with Crippen LogP contribution in [0.2, 0.25) is 0 Å². The largest absolute Gasteiger partial charge is 0.472 e. The zero-order valence-corrected chi connectivity index (χ0v) is 14.4. The molecule has 5 unspecified atom stereocenters. The minimum absolute atomic E-state index is 0.0220. The number of aliphatic hydroxyl groups is 2. The second-order valence-corrected chi connectivity index (χ2v) is 8.30. The number of furan rings is 1. The van der Waals surface area contributed by atoms with E-state index >= 15 is 0 Å². The number of hydrogen-bond acceptors (Lipinski definition) is 3. The molecule has 1 aromatic heterocycles. The highest BCUT2D eigenvalue weighted by molar-refractivity contribution is 5.20. The second kappa shape index (κ2) is 6.10. The van der Waals surface area contributed by atoms with E-state index in [-0.39, 0.29) is 29.5 Å². The quantitative estimate of drug-likeness (QED) is 0.826. The van der Waals surface area contributed by atoms with Crippen LogP contribution in [0.15, 0.2) is 35.2 Å². The molecule has 0 aliphatic heterocycles. The van der Waals surface area contributed by atoms with E-state index < -0.39 is 0 Å². The van der Waals surface area contributed by atoms with Crippen LogP contribution in [0.5, 0.6) is 0 Å².